The molecule has 0 fully saturated rings. The average molecular weight is 289 g/mol. The van der Waals surface area contributed by atoms with Crippen LogP contribution in [0.2, 0.25) is 0 Å². The molecule has 3 rings (SSSR count). The second-order valence-corrected chi connectivity index (χ2v) is 4.47. The molecule has 0 saturated carbocycles. The molecular formula is C15H10F3N3. The highest BCUT2D eigenvalue weighted by molar-refractivity contribution is 6.01. The maximum absolute atomic E-state index is 13.8. The van der Waals surface area contributed by atoms with Crippen LogP contribution in [0.25, 0.3) is 10.8 Å². The molecule has 0 aliphatic rings. The number of nitrogen functional groups attached to an aromatic ring is 1. The van der Waals surface area contributed by atoms with Crippen LogP contribution in [0.5, 0.6) is 0 Å². The van der Waals surface area contributed by atoms with Crippen LogP contribution in [0.4, 0.5) is 30.4 Å². The molecule has 106 valence electrons. The van der Waals surface area contributed by atoms with E-state index in [1.807, 2.05) is 0 Å². The first-order chi connectivity index (χ1) is 10.1. The minimum atomic E-state index is -0.987. The zero-order valence-corrected chi connectivity index (χ0v) is 10.7. The molecular weight excluding hydrogens is 279 g/mol. The normalized spacial score (nSPS) is 10.8. The second-order valence-electron chi connectivity index (χ2n) is 4.47. The predicted molar refractivity (Wildman–Crippen MR) is 75.8 cm³/mol. The highest BCUT2D eigenvalue weighted by Gasteiger charge is 2.11. The Labute approximate surface area is 118 Å². The van der Waals surface area contributed by atoms with Gasteiger partial charge in [-0.2, -0.15) is 0 Å². The van der Waals surface area contributed by atoms with E-state index in [0.29, 0.717) is 16.5 Å². The standard InChI is InChI=1S/C15H10F3N3/c16-10-3-4-13(19)14-9(10)5-6-20-15(14)21-8-1-2-11(17)12(18)7-8/h1-7H,19H2,(H,20,21). The molecule has 0 aliphatic heterocycles. The van der Waals surface area contributed by atoms with Crippen molar-refractivity contribution in [3.05, 3.63) is 60.0 Å². The van der Waals surface area contributed by atoms with Gasteiger partial charge in [0, 0.05) is 29.0 Å². The summed E-state index contributed by atoms with van der Waals surface area (Å²) in [7, 11) is 0. The van der Waals surface area contributed by atoms with E-state index in [4.69, 9.17) is 5.73 Å². The highest BCUT2D eigenvalue weighted by Crippen LogP contribution is 2.31. The molecule has 6 heteroatoms. The Morgan fingerprint density at radius 1 is 0.905 bits per heavy atom. The van der Waals surface area contributed by atoms with Crippen molar-refractivity contribution in [3.8, 4) is 0 Å². The van der Waals surface area contributed by atoms with Crippen LogP contribution in [0, 0.1) is 17.5 Å². The number of nitrogens with one attached hydrogen (secondary N) is 1. The summed E-state index contributed by atoms with van der Waals surface area (Å²) in [4.78, 5) is 4.08. The SMILES string of the molecule is Nc1ccc(F)c2ccnc(Nc3ccc(F)c(F)c3)c12. The van der Waals surface area contributed by atoms with Crippen LogP contribution >= 0.6 is 0 Å². The number of hydrogen-bond donors (Lipinski definition) is 2. The minimum absolute atomic E-state index is 0.274. The van der Waals surface area contributed by atoms with E-state index >= 15 is 0 Å². The van der Waals surface area contributed by atoms with Gasteiger partial charge in [-0.25, -0.2) is 18.2 Å². The number of nitrogens with two attached hydrogens (primary N) is 1. The first-order valence-electron chi connectivity index (χ1n) is 6.11. The molecule has 0 radical (unpaired) electrons. The predicted octanol–water partition coefficient (Wildman–Crippen LogP) is 3.98. The third kappa shape index (κ3) is 2.35. The van der Waals surface area contributed by atoms with Gasteiger partial charge in [-0.15, -0.1) is 0 Å². The first-order valence-corrected chi connectivity index (χ1v) is 6.11. The smallest absolute Gasteiger partial charge is 0.160 e. The Bertz CT molecular complexity index is 834. The van der Waals surface area contributed by atoms with Crippen molar-refractivity contribution in [3.63, 3.8) is 0 Å². The largest absolute Gasteiger partial charge is 0.398 e. The summed E-state index contributed by atoms with van der Waals surface area (Å²) < 4.78 is 39.9. The maximum atomic E-state index is 13.8. The van der Waals surface area contributed by atoms with Gasteiger partial charge < -0.3 is 11.1 Å². The van der Waals surface area contributed by atoms with Crippen molar-refractivity contribution in [1.82, 2.24) is 4.98 Å². The Morgan fingerprint density at radius 2 is 1.67 bits per heavy atom. The number of anilines is 3. The Morgan fingerprint density at radius 3 is 2.43 bits per heavy atom. The van der Waals surface area contributed by atoms with E-state index in [1.54, 1.807) is 0 Å². The maximum Gasteiger partial charge on any atom is 0.160 e. The van der Waals surface area contributed by atoms with E-state index < -0.39 is 17.5 Å². The first kappa shape index (κ1) is 13.2. The zero-order valence-electron chi connectivity index (χ0n) is 10.7. The van der Waals surface area contributed by atoms with E-state index in [1.165, 1.54) is 30.5 Å². The Balaban J connectivity index is 2.12. The number of halogens is 3. The molecule has 0 saturated heterocycles. The van der Waals surface area contributed by atoms with Crippen LogP contribution in [-0.2, 0) is 0 Å². The second kappa shape index (κ2) is 4.97. The van der Waals surface area contributed by atoms with Gasteiger partial charge >= 0.3 is 0 Å². The summed E-state index contributed by atoms with van der Waals surface area (Å²) in [6.07, 6.45) is 1.41. The van der Waals surface area contributed by atoms with E-state index in [2.05, 4.69) is 10.3 Å². The number of pyridine rings is 1. The molecule has 3 aromatic rings. The molecule has 1 aromatic heterocycles. The lowest BCUT2D eigenvalue weighted by molar-refractivity contribution is 0.509. The summed E-state index contributed by atoms with van der Waals surface area (Å²) >= 11 is 0. The van der Waals surface area contributed by atoms with Crippen molar-refractivity contribution in [2.24, 2.45) is 0 Å². The third-order valence-electron chi connectivity index (χ3n) is 3.09. The molecule has 1 heterocycles. The van der Waals surface area contributed by atoms with Crippen LogP contribution in [-0.4, -0.2) is 4.98 Å². The van der Waals surface area contributed by atoms with Gasteiger partial charge in [0.2, 0.25) is 0 Å². The summed E-state index contributed by atoms with van der Waals surface area (Å²) in [5.41, 5.74) is 6.48. The quantitative estimate of drug-likeness (QED) is 0.702. The topological polar surface area (TPSA) is 50.9 Å². The molecule has 0 atom stereocenters. The van der Waals surface area contributed by atoms with Crippen molar-refractivity contribution in [2.45, 2.75) is 0 Å². The molecule has 3 nitrogen and oxygen atoms in total. The number of benzene rings is 2. The van der Waals surface area contributed by atoms with Gasteiger partial charge in [0.25, 0.3) is 0 Å². The molecule has 21 heavy (non-hydrogen) atoms. The third-order valence-corrected chi connectivity index (χ3v) is 3.09. The lowest BCUT2D eigenvalue weighted by Gasteiger charge is -2.11. The Kier molecular flexibility index (Phi) is 3.13. The molecule has 0 aliphatic carbocycles. The number of rotatable bonds is 2. The van der Waals surface area contributed by atoms with Gasteiger partial charge in [-0.05, 0) is 30.3 Å². The van der Waals surface area contributed by atoms with Gasteiger partial charge in [-0.1, -0.05) is 0 Å². The van der Waals surface area contributed by atoms with E-state index in [0.717, 1.165) is 12.1 Å². The molecule has 0 bridgehead atoms. The fourth-order valence-electron chi connectivity index (χ4n) is 2.09. The number of aromatic nitrogens is 1. The van der Waals surface area contributed by atoms with Crippen molar-refractivity contribution in [2.75, 3.05) is 11.1 Å². The van der Waals surface area contributed by atoms with Gasteiger partial charge in [0.05, 0.1) is 5.39 Å². The molecule has 2 aromatic carbocycles. The number of nitrogens with zero attached hydrogens (tertiary/aromatic N) is 1. The summed E-state index contributed by atoms with van der Waals surface area (Å²) in [5, 5.41) is 3.51. The molecule has 0 spiro atoms. The van der Waals surface area contributed by atoms with Crippen molar-refractivity contribution >= 4 is 28.0 Å². The number of fused-ring (bicyclic) bond motifs is 1. The number of hydrogen-bond acceptors (Lipinski definition) is 3. The monoisotopic (exact) mass is 289 g/mol. The summed E-state index contributed by atoms with van der Waals surface area (Å²) in [6.45, 7) is 0. The lowest BCUT2D eigenvalue weighted by atomic mass is 10.1. The van der Waals surface area contributed by atoms with Crippen LogP contribution in [0.1, 0.15) is 0 Å². The van der Waals surface area contributed by atoms with Gasteiger partial charge in [-0.3, -0.25) is 0 Å². The highest BCUT2D eigenvalue weighted by atomic mass is 19.2. The van der Waals surface area contributed by atoms with Crippen molar-refractivity contribution < 1.29 is 13.2 Å². The fourth-order valence-corrected chi connectivity index (χ4v) is 2.09. The van der Waals surface area contributed by atoms with Gasteiger partial charge in [0.15, 0.2) is 11.6 Å². The summed E-state index contributed by atoms with van der Waals surface area (Å²) in [6, 6.07) is 7.53. The fraction of sp³-hybridized carbons (Fsp3) is 0. The zero-order chi connectivity index (χ0) is 15.0. The molecule has 3 N–H and O–H groups in total. The average Bonchev–Trinajstić information content (AvgIpc) is 2.47. The van der Waals surface area contributed by atoms with Crippen LogP contribution in [0.15, 0.2) is 42.6 Å². The summed E-state index contributed by atoms with van der Waals surface area (Å²) in [5.74, 6) is -2.10. The lowest BCUT2D eigenvalue weighted by Crippen LogP contribution is -1.99. The minimum Gasteiger partial charge on any atom is -0.398 e. The van der Waals surface area contributed by atoms with Crippen LogP contribution in [0.3, 0.4) is 0 Å². The molecule has 0 unspecified atom stereocenters. The van der Waals surface area contributed by atoms with E-state index in [-0.39, 0.29) is 11.5 Å². The van der Waals surface area contributed by atoms with Crippen molar-refractivity contribution in [1.29, 1.82) is 0 Å². The van der Waals surface area contributed by atoms with E-state index in [9.17, 15) is 13.2 Å². The van der Waals surface area contributed by atoms with Crippen LogP contribution < -0.4 is 11.1 Å². The molecule has 0 amide bonds. The Hall–Kier alpha value is -2.76. The van der Waals surface area contributed by atoms with Gasteiger partial charge in [0.1, 0.15) is 11.6 Å².